The fraction of sp³-hybridized carbons (Fsp3) is 0.500. The lowest BCUT2D eigenvalue weighted by Crippen LogP contribution is -2.37. The average molecular weight is 290 g/mol. The highest BCUT2D eigenvalue weighted by Crippen LogP contribution is 2.34. The predicted molar refractivity (Wildman–Crippen MR) is 80.9 cm³/mol. The normalized spacial score (nSPS) is 16.6. The molecule has 1 N–H and O–H groups in total. The Bertz CT molecular complexity index is 622. The van der Waals surface area contributed by atoms with Gasteiger partial charge in [0.15, 0.2) is 0 Å². The molecular formula is C14H18N4OS. The number of carbonyl (C=O) groups is 1. The molecule has 1 aromatic heterocycles. The average Bonchev–Trinajstić information content (AvgIpc) is 3.15. The maximum Gasteiger partial charge on any atom is 0.238 e. The minimum Gasteiger partial charge on any atom is -0.323 e. The van der Waals surface area contributed by atoms with Gasteiger partial charge in [-0.1, -0.05) is 6.07 Å². The fourth-order valence-electron chi connectivity index (χ4n) is 2.41. The number of hydrogen-bond acceptors (Lipinski definition) is 5. The molecule has 0 spiro atoms. The second-order valence-electron chi connectivity index (χ2n) is 5.48. The van der Waals surface area contributed by atoms with E-state index < -0.39 is 0 Å². The number of fused-ring (bicyclic) bond motifs is 1. The van der Waals surface area contributed by atoms with Crippen molar-refractivity contribution in [3.8, 4) is 0 Å². The Morgan fingerprint density at radius 2 is 2.30 bits per heavy atom. The number of aromatic nitrogens is 2. The largest absolute Gasteiger partial charge is 0.323 e. The highest BCUT2D eigenvalue weighted by Gasteiger charge is 2.31. The lowest BCUT2D eigenvalue weighted by molar-refractivity contribution is -0.117. The molecule has 1 saturated carbocycles. The Morgan fingerprint density at radius 1 is 1.50 bits per heavy atom. The van der Waals surface area contributed by atoms with Gasteiger partial charge in [-0.2, -0.15) is 8.75 Å². The molecule has 1 atom stereocenters. The first-order chi connectivity index (χ1) is 9.65. The second kappa shape index (κ2) is 5.46. The molecule has 1 aliphatic carbocycles. The first-order valence-electron chi connectivity index (χ1n) is 6.86. The van der Waals surface area contributed by atoms with Crippen LogP contribution in [0.1, 0.15) is 19.8 Å². The summed E-state index contributed by atoms with van der Waals surface area (Å²) < 4.78 is 8.40. The molecule has 3 rings (SSSR count). The van der Waals surface area contributed by atoms with Crippen LogP contribution in [0.2, 0.25) is 0 Å². The van der Waals surface area contributed by atoms with Gasteiger partial charge in [0, 0.05) is 6.04 Å². The third-order valence-electron chi connectivity index (χ3n) is 3.95. The lowest BCUT2D eigenvalue weighted by Gasteiger charge is -2.23. The molecule has 5 nitrogen and oxygen atoms in total. The van der Waals surface area contributed by atoms with Gasteiger partial charge in [0.05, 0.1) is 24.0 Å². The number of amides is 1. The quantitative estimate of drug-likeness (QED) is 0.918. The van der Waals surface area contributed by atoms with Crippen molar-refractivity contribution in [2.24, 2.45) is 5.92 Å². The number of rotatable bonds is 5. The van der Waals surface area contributed by atoms with Gasteiger partial charge in [0.25, 0.3) is 0 Å². The van der Waals surface area contributed by atoms with Crippen molar-refractivity contribution >= 4 is 34.4 Å². The molecule has 106 valence electrons. The summed E-state index contributed by atoms with van der Waals surface area (Å²) in [6.45, 7) is 2.60. The molecule has 0 aliphatic heterocycles. The van der Waals surface area contributed by atoms with Gasteiger partial charge in [-0.05, 0) is 44.9 Å². The summed E-state index contributed by atoms with van der Waals surface area (Å²) >= 11 is 1.16. The summed E-state index contributed by atoms with van der Waals surface area (Å²) in [5.41, 5.74) is 2.34. The van der Waals surface area contributed by atoms with Gasteiger partial charge < -0.3 is 5.32 Å². The Kier molecular flexibility index (Phi) is 3.67. The van der Waals surface area contributed by atoms with Crippen molar-refractivity contribution in [1.82, 2.24) is 13.6 Å². The predicted octanol–water partition coefficient (Wildman–Crippen LogP) is 2.36. The van der Waals surface area contributed by atoms with Crippen LogP contribution >= 0.6 is 11.7 Å². The summed E-state index contributed by atoms with van der Waals surface area (Å²) in [4.78, 5) is 14.3. The van der Waals surface area contributed by atoms with Crippen LogP contribution in [-0.2, 0) is 4.79 Å². The Hall–Kier alpha value is -1.53. The molecule has 1 amide bonds. The van der Waals surface area contributed by atoms with Crippen molar-refractivity contribution in [2.45, 2.75) is 25.8 Å². The van der Waals surface area contributed by atoms with E-state index in [0.717, 1.165) is 34.4 Å². The zero-order chi connectivity index (χ0) is 14.1. The van der Waals surface area contributed by atoms with Crippen LogP contribution in [0.15, 0.2) is 18.2 Å². The maximum atomic E-state index is 12.1. The smallest absolute Gasteiger partial charge is 0.238 e. The van der Waals surface area contributed by atoms with Crippen molar-refractivity contribution < 1.29 is 4.79 Å². The minimum atomic E-state index is 0.000463. The van der Waals surface area contributed by atoms with Crippen molar-refractivity contribution in [1.29, 1.82) is 0 Å². The molecule has 0 bridgehead atoms. The van der Waals surface area contributed by atoms with Gasteiger partial charge in [-0.15, -0.1) is 0 Å². The van der Waals surface area contributed by atoms with Crippen molar-refractivity contribution in [3.63, 3.8) is 0 Å². The number of nitrogens with zero attached hydrogens (tertiary/aromatic N) is 3. The zero-order valence-electron chi connectivity index (χ0n) is 11.7. The first kappa shape index (κ1) is 13.5. The standard InChI is InChI=1S/C14H18N4OS/c1-9(10-6-7-10)18(2)8-13(19)15-11-4-3-5-12-14(11)17-20-16-12/h3-5,9-10H,6-8H2,1-2H3,(H,15,19). The Morgan fingerprint density at radius 3 is 3.05 bits per heavy atom. The Labute approximate surface area is 122 Å². The summed E-state index contributed by atoms with van der Waals surface area (Å²) in [6.07, 6.45) is 2.58. The topological polar surface area (TPSA) is 58.1 Å². The fourth-order valence-corrected chi connectivity index (χ4v) is 2.96. The first-order valence-corrected chi connectivity index (χ1v) is 7.59. The van der Waals surface area contributed by atoms with E-state index in [2.05, 4.69) is 25.9 Å². The van der Waals surface area contributed by atoms with Gasteiger partial charge in [-0.25, -0.2) is 0 Å². The molecule has 1 fully saturated rings. The van der Waals surface area contributed by atoms with E-state index >= 15 is 0 Å². The number of carbonyl (C=O) groups excluding carboxylic acids is 1. The molecule has 0 saturated heterocycles. The van der Waals surface area contributed by atoms with Crippen LogP contribution in [0.4, 0.5) is 5.69 Å². The molecule has 6 heteroatoms. The summed E-state index contributed by atoms with van der Waals surface area (Å²) in [5.74, 6) is 0.763. The Balaban J connectivity index is 1.65. The highest BCUT2D eigenvalue weighted by atomic mass is 32.1. The summed E-state index contributed by atoms with van der Waals surface area (Å²) in [7, 11) is 2.01. The maximum absolute atomic E-state index is 12.1. The molecule has 2 aromatic rings. The van der Waals surface area contributed by atoms with E-state index in [0.29, 0.717) is 12.6 Å². The van der Waals surface area contributed by atoms with E-state index in [-0.39, 0.29) is 5.91 Å². The van der Waals surface area contributed by atoms with Gasteiger partial charge >= 0.3 is 0 Å². The van der Waals surface area contributed by atoms with Crippen LogP contribution in [0, 0.1) is 5.92 Å². The highest BCUT2D eigenvalue weighted by molar-refractivity contribution is 7.00. The summed E-state index contributed by atoms with van der Waals surface area (Å²) in [5, 5.41) is 2.94. The lowest BCUT2D eigenvalue weighted by atomic mass is 10.2. The number of hydrogen-bond donors (Lipinski definition) is 1. The van der Waals surface area contributed by atoms with Crippen molar-refractivity contribution in [3.05, 3.63) is 18.2 Å². The number of nitrogens with one attached hydrogen (secondary N) is 1. The van der Waals surface area contributed by atoms with E-state index in [1.807, 2.05) is 25.2 Å². The SMILES string of the molecule is CC(C1CC1)N(C)CC(=O)Nc1cccc2nsnc12. The third kappa shape index (κ3) is 2.81. The summed E-state index contributed by atoms with van der Waals surface area (Å²) in [6, 6.07) is 6.12. The van der Waals surface area contributed by atoms with E-state index in [1.54, 1.807) is 0 Å². The van der Waals surface area contributed by atoms with E-state index in [9.17, 15) is 4.79 Å². The molecule has 1 heterocycles. The van der Waals surface area contributed by atoms with Crippen LogP contribution in [-0.4, -0.2) is 39.2 Å². The van der Waals surface area contributed by atoms with E-state index in [1.165, 1.54) is 12.8 Å². The van der Waals surface area contributed by atoms with Crippen molar-refractivity contribution in [2.75, 3.05) is 18.9 Å². The second-order valence-corrected chi connectivity index (χ2v) is 6.01. The van der Waals surface area contributed by atoms with Gasteiger partial charge in [0.1, 0.15) is 11.0 Å². The van der Waals surface area contributed by atoms with Crippen LogP contribution < -0.4 is 5.32 Å². The number of likely N-dealkylation sites (N-methyl/N-ethyl adjacent to an activating group) is 1. The molecule has 1 unspecified atom stereocenters. The van der Waals surface area contributed by atoms with E-state index in [4.69, 9.17) is 0 Å². The van der Waals surface area contributed by atoms with Gasteiger partial charge in [-0.3, -0.25) is 9.69 Å². The van der Waals surface area contributed by atoms with Gasteiger partial charge in [0.2, 0.25) is 5.91 Å². The molecule has 1 aromatic carbocycles. The zero-order valence-corrected chi connectivity index (χ0v) is 12.5. The van der Waals surface area contributed by atoms with Crippen LogP contribution in [0.5, 0.6) is 0 Å². The van der Waals surface area contributed by atoms with Crippen LogP contribution in [0.25, 0.3) is 11.0 Å². The number of anilines is 1. The minimum absolute atomic E-state index is 0.000463. The third-order valence-corrected chi connectivity index (χ3v) is 4.50. The molecular weight excluding hydrogens is 272 g/mol. The number of benzene rings is 1. The monoisotopic (exact) mass is 290 g/mol. The molecule has 20 heavy (non-hydrogen) atoms. The molecule has 1 aliphatic rings. The molecule has 0 radical (unpaired) electrons. The van der Waals surface area contributed by atoms with Crippen LogP contribution in [0.3, 0.4) is 0 Å².